The van der Waals surface area contributed by atoms with Crippen LogP contribution in [-0.4, -0.2) is 7.11 Å². The van der Waals surface area contributed by atoms with Gasteiger partial charge in [-0.3, -0.25) is 0 Å². The number of methoxy groups -OCH3 is 1. The van der Waals surface area contributed by atoms with Crippen molar-refractivity contribution in [3.63, 3.8) is 0 Å². The van der Waals surface area contributed by atoms with E-state index in [-0.39, 0.29) is 0 Å². The van der Waals surface area contributed by atoms with Crippen LogP contribution in [0.1, 0.15) is 28.7 Å². The van der Waals surface area contributed by atoms with Crippen LogP contribution in [0.4, 0.5) is 0 Å². The maximum absolute atomic E-state index is 5.78. The Kier molecular flexibility index (Phi) is 4.51. The highest BCUT2D eigenvalue weighted by Crippen LogP contribution is 2.30. The standard InChI is InChI=1S/C18H21NOS/c1-20-18-8-5-13(9-16(18)11-19)12-21-17-7-6-14-3-2-4-15(14)10-17/h5-10H,2-4,11-12,19H2,1H3. The van der Waals surface area contributed by atoms with E-state index in [2.05, 4.69) is 30.3 Å². The number of rotatable bonds is 5. The van der Waals surface area contributed by atoms with Crippen LogP contribution in [-0.2, 0) is 25.1 Å². The zero-order valence-electron chi connectivity index (χ0n) is 12.4. The molecule has 0 fully saturated rings. The Morgan fingerprint density at radius 1 is 1.10 bits per heavy atom. The van der Waals surface area contributed by atoms with Crippen molar-refractivity contribution in [2.75, 3.05) is 7.11 Å². The fourth-order valence-electron chi connectivity index (χ4n) is 2.89. The van der Waals surface area contributed by atoms with Crippen LogP contribution in [0, 0.1) is 0 Å². The number of thioether (sulfide) groups is 1. The first-order valence-electron chi connectivity index (χ1n) is 7.40. The van der Waals surface area contributed by atoms with Crippen molar-refractivity contribution in [3.8, 4) is 5.75 Å². The number of aryl methyl sites for hydroxylation is 2. The third-order valence-corrected chi connectivity index (χ3v) is 5.11. The van der Waals surface area contributed by atoms with E-state index in [9.17, 15) is 0 Å². The van der Waals surface area contributed by atoms with Gasteiger partial charge in [0.2, 0.25) is 0 Å². The van der Waals surface area contributed by atoms with Crippen molar-refractivity contribution in [1.82, 2.24) is 0 Å². The molecule has 0 heterocycles. The predicted octanol–water partition coefficient (Wildman–Crippen LogP) is 3.93. The second kappa shape index (κ2) is 6.54. The molecule has 0 amide bonds. The van der Waals surface area contributed by atoms with Gasteiger partial charge in [-0.1, -0.05) is 12.1 Å². The number of hydrogen-bond donors (Lipinski definition) is 1. The van der Waals surface area contributed by atoms with Crippen LogP contribution in [0.3, 0.4) is 0 Å². The molecular formula is C18H21NOS. The lowest BCUT2D eigenvalue weighted by atomic mass is 10.1. The molecule has 0 aromatic heterocycles. The summed E-state index contributed by atoms with van der Waals surface area (Å²) in [5.41, 5.74) is 11.2. The van der Waals surface area contributed by atoms with Crippen molar-refractivity contribution in [1.29, 1.82) is 0 Å². The van der Waals surface area contributed by atoms with Gasteiger partial charge < -0.3 is 10.5 Å². The van der Waals surface area contributed by atoms with Crippen LogP contribution < -0.4 is 10.5 Å². The molecule has 0 unspecified atom stereocenters. The minimum Gasteiger partial charge on any atom is -0.496 e. The van der Waals surface area contributed by atoms with Gasteiger partial charge in [-0.05, 0) is 60.2 Å². The van der Waals surface area contributed by atoms with E-state index >= 15 is 0 Å². The Morgan fingerprint density at radius 3 is 2.76 bits per heavy atom. The minimum atomic E-state index is 0.514. The Morgan fingerprint density at radius 2 is 1.95 bits per heavy atom. The lowest BCUT2D eigenvalue weighted by Gasteiger charge is -2.09. The molecule has 0 bridgehead atoms. The third kappa shape index (κ3) is 3.25. The Hall–Kier alpha value is -1.45. The smallest absolute Gasteiger partial charge is 0.123 e. The first-order valence-corrected chi connectivity index (χ1v) is 8.39. The fraction of sp³-hybridized carbons (Fsp3) is 0.333. The van der Waals surface area contributed by atoms with E-state index in [0.29, 0.717) is 6.54 Å². The molecule has 2 N–H and O–H groups in total. The highest BCUT2D eigenvalue weighted by atomic mass is 32.2. The first kappa shape index (κ1) is 14.5. The molecule has 1 aliphatic carbocycles. The topological polar surface area (TPSA) is 35.2 Å². The molecule has 2 nitrogen and oxygen atoms in total. The number of hydrogen-bond acceptors (Lipinski definition) is 3. The summed E-state index contributed by atoms with van der Waals surface area (Å²) >= 11 is 1.89. The molecule has 3 rings (SSSR count). The highest BCUT2D eigenvalue weighted by Gasteiger charge is 2.11. The first-order chi connectivity index (χ1) is 10.3. The van der Waals surface area contributed by atoms with Gasteiger partial charge in [0.15, 0.2) is 0 Å². The second-order valence-corrected chi connectivity index (χ2v) is 6.47. The van der Waals surface area contributed by atoms with Crippen molar-refractivity contribution >= 4 is 11.8 Å². The summed E-state index contributed by atoms with van der Waals surface area (Å²) < 4.78 is 5.32. The summed E-state index contributed by atoms with van der Waals surface area (Å²) in [7, 11) is 1.69. The maximum atomic E-state index is 5.78. The lowest BCUT2D eigenvalue weighted by molar-refractivity contribution is 0.409. The maximum Gasteiger partial charge on any atom is 0.123 e. The SMILES string of the molecule is COc1ccc(CSc2ccc3c(c2)CCC3)cc1CN. The normalized spacial score (nSPS) is 13.2. The molecule has 1 aliphatic rings. The van der Waals surface area contributed by atoms with Gasteiger partial charge in [-0.15, -0.1) is 11.8 Å². The van der Waals surface area contributed by atoms with Crippen LogP contribution >= 0.6 is 11.8 Å². The minimum absolute atomic E-state index is 0.514. The van der Waals surface area contributed by atoms with Gasteiger partial charge >= 0.3 is 0 Å². The van der Waals surface area contributed by atoms with Crippen molar-refractivity contribution < 1.29 is 4.74 Å². The average molecular weight is 299 g/mol. The van der Waals surface area contributed by atoms with Gasteiger partial charge in [0, 0.05) is 22.8 Å². The van der Waals surface area contributed by atoms with Crippen molar-refractivity contribution in [2.45, 2.75) is 36.5 Å². The number of nitrogens with two attached hydrogens (primary N) is 1. The largest absolute Gasteiger partial charge is 0.496 e. The van der Waals surface area contributed by atoms with Gasteiger partial charge in [-0.2, -0.15) is 0 Å². The fourth-order valence-corrected chi connectivity index (χ4v) is 3.79. The summed E-state index contributed by atoms with van der Waals surface area (Å²) in [6, 6.07) is 13.2. The molecule has 0 saturated carbocycles. The quantitative estimate of drug-likeness (QED) is 0.850. The van der Waals surface area contributed by atoms with E-state index in [1.54, 1.807) is 7.11 Å². The average Bonchev–Trinajstić information content (AvgIpc) is 3.00. The number of fused-ring (bicyclic) bond motifs is 1. The van der Waals surface area contributed by atoms with Gasteiger partial charge in [-0.25, -0.2) is 0 Å². The summed E-state index contributed by atoms with van der Waals surface area (Å²) in [6.07, 6.45) is 3.80. The highest BCUT2D eigenvalue weighted by molar-refractivity contribution is 7.98. The molecule has 2 aromatic carbocycles. The van der Waals surface area contributed by atoms with E-state index in [1.807, 2.05) is 17.8 Å². The zero-order chi connectivity index (χ0) is 14.7. The Balaban J connectivity index is 1.70. The Labute approximate surface area is 130 Å². The predicted molar refractivity (Wildman–Crippen MR) is 88.9 cm³/mol. The van der Waals surface area contributed by atoms with Crippen LogP contribution in [0.15, 0.2) is 41.3 Å². The molecule has 110 valence electrons. The van der Waals surface area contributed by atoms with Gasteiger partial charge in [0.25, 0.3) is 0 Å². The monoisotopic (exact) mass is 299 g/mol. The third-order valence-electron chi connectivity index (χ3n) is 4.04. The van der Waals surface area contributed by atoms with Gasteiger partial charge in [0.05, 0.1) is 7.11 Å². The number of benzene rings is 2. The van der Waals surface area contributed by atoms with Gasteiger partial charge in [0.1, 0.15) is 5.75 Å². The Bertz CT molecular complexity index is 639. The summed E-state index contributed by atoms with van der Waals surface area (Å²) in [4.78, 5) is 1.36. The van der Waals surface area contributed by atoms with E-state index in [1.165, 1.54) is 40.8 Å². The molecule has 0 radical (unpaired) electrons. The molecule has 0 saturated heterocycles. The summed E-state index contributed by atoms with van der Waals surface area (Å²) in [5.74, 6) is 1.85. The molecule has 21 heavy (non-hydrogen) atoms. The molecule has 0 aliphatic heterocycles. The summed E-state index contributed by atoms with van der Waals surface area (Å²) in [6.45, 7) is 0.514. The van der Waals surface area contributed by atoms with E-state index in [4.69, 9.17) is 10.5 Å². The lowest BCUT2D eigenvalue weighted by Crippen LogP contribution is -2.00. The second-order valence-electron chi connectivity index (χ2n) is 5.42. The van der Waals surface area contributed by atoms with Crippen LogP contribution in [0.2, 0.25) is 0 Å². The van der Waals surface area contributed by atoms with Crippen molar-refractivity contribution in [3.05, 3.63) is 58.7 Å². The molecule has 2 aromatic rings. The van der Waals surface area contributed by atoms with Crippen LogP contribution in [0.5, 0.6) is 5.75 Å². The van der Waals surface area contributed by atoms with Crippen molar-refractivity contribution in [2.24, 2.45) is 5.73 Å². The molecule has 0 atom stereocenters. The molecule has 3 heteroatoms. The summed E-state index contributed by atoms with van der Waals surface area (Å²) in [5, 5.41) is 0. The molecular weight excluding hydrogens is 278 g/mol. The molecule has 0 spiro atoms. The van der Waals surface area contributed by atoms with E-state index in [0.717, 1.165) is 17.1 Å². The zero-order valence-corrected chi connectivity index (χ0v) is 13.2. The number of ether oxygens (including phenoxy) is 1. The van der Waals surface area contributed by atoms with Crippen LogP contribution in [0.25, 0.3) is 0 Å². The van der Waals surface area contributed by atoms with E-state index < -0.39 is 0 Å².